The van der Waals surface area contributed by atoms with Crippen molar-refractivity contribution in [3.63, 3.8) is 0 Å². The molecule has 4 aliphatic rings. The van der Waals surface area contributed by atoms with Crippen LogP contribution in [0.15, 0.2) is 35.5 Å². The van der Waals surface area contributed by atoms with Crippen molar-refractivity contribution in [1.82, 2.24) is 0 Å². The number of rotatable bonds is 7. The lowest BCUT2D eigenvalue weighted by Gasteiger charge is -2.45. The van der Waals surface area contributed by atoms with Crippen LogP contribution in [-0.4, -0.2) is 47.2 Å². The molecule has 0 aromatic carbocycles. The van der Waals surface area contributed by atoms with Gasteiger partial charge in [0.25, 0.3) is 5.60 Å². The lowest BCUT2D eigenvalue weighted by atomic mass is 9.59. The van der Waals surface area contributed by atoms with Crippen molar-refractivity contribution in [2.24, 2.45) is 22.7 Å². The third-order valence-electron chi connectivity index (χ3n) is 10.0. The van der Waals surface area contributed by atoms with Crippen molar-refractivity contribution in [2.75, 3.05) is 0 Å². The Labute approximate surface area is 242 Å². The van der Waals surface area contributed by atoms with Gasteiger partial charge in [0.05, 0.1) is 0 Å². The van der Waals surface area contributed by atoms with Crippen LogP contribution in [0, 0.1) is 22.7 Å². The number of fused-ring (bicyclic) bond motifs is 1. The molecule has 42 heavy (non-hydrogen) atoms. The van der Waals surface area contributed by atoms with Gasteiger partial charge in [-0.15, -0.1) is 0 Å². The Morgan fingerprint density at radius 2 is 1.50 bits per heavy atom. The fraction of sp³-hybridized carbons (Fsp3) is 0.742. The van der Waals surface area contributed by atoms with Crippen LogP contribution in [0.4, 0.5) is 26.3 Å². The first-order valence-corrected chi connectivity index (χ1v) is 14.7. The van der Waals surface area contributed by atoms with Crippen LogP contribution in [-0.2, 0) is 19.1 Å². The Morgan fingerprint density at radius 3 is 2.00 bits per heavy atom. The van der Waals surface area contributed by atoms with Crippen molar-refractivity contribution in [1.29, 1.82) is 0 Å². The number of carbonyl (C=O) groups is 2. The molecule has 4 aliphatic carbocycles. The summed E-state index contributed by atoms with van der Waals surface area (Å²) < 4.78 is 89.7. The predicted molar refractivity (Wildman–Crippen MR) is 142 cm³/mol. The average molecular weight is 607 g/mol. The highest BCUT2D eigenvalue weighted by Gasteiger charge is 2.69. The maximum absolute atomic E-state index is 13.1. The molecule has 0 heterocycles. The number of aliphatic hydroxyl groups is 1. The van der Waals surface area contributed by atoms with Crippen molar-refractivity contribution in [2.45, 2.75) is 122 Å². The Balaban J connectivity index is 1.50. The summed E-state index contributed by atoms with van der Waals surface area (Å²) in [4.78, 5) is 23.1. The quantitative estimate of drug-likeness (QED) is 0.183. The van der Waals surface area contributed by atoms with Gasteiger partial charge in [-0.1, -0.05) is 36.3 Å². The first kappa shape index (κ1) is 32.6. The first-order valence-electron chi connectivity index (χ1n) is 14.7. The lowest BCUT2D eigenvalue weighted by molar-refractivity contribution is -0.347. The molecule has 0 saturated heterocycles. The van der Waals surface area contributed by atoms with E-state index >= 15 is 0 Å². The number of allylic oxidation sites excluding steroid dienone is 4. The van der Waals surface area contributed by atoms with E-state index in [2.05, 4.69) is 13.0 Å². The molecule has 0 aliphatic heterocycles. The van der Waals surface area contributed by atoms with Crippen LogP contribution in [0.1, 0.15) is 91.4 Å². The van der Waals surface area contributed by atoms with E-state index < -0.39 is 29.9 Å². The Morgan fingerprint density at radius 1 is 0.929 bits per heavy atom. The second-order valence-corrected chi connectivity index (χ2v) is 12.9. The van der Waals surface area contributed by atoms with Gasteiger partial charge in [-0.05, 0) is 80.1 Å². The van der Waals surface area contributed by atoms with Crippen LogP contribution >= 0.6 is 0 Å². The molecule has 0 aromatic heterocycles. The van der Waals surface area contributed by atoms with Gasteiger partial charge in [0.15, 0.2) is 0 Å². The number of halogens is 6. The zero-order chi connectivity index (χ0) is 31.1. The van der Waals surface area contributed by atoms with Crippen LogP contribution in [0.3, 0.4) is 0 Å². The van der Waals surface area contributed by atoms with Gasteiger partial charge in [0.1, 0.15) is 12.2 Å². The van der Waals surface area contributed by atoms with Crippen molar-refractivity contribution >= 4 is 11.9 Å². The number of hydrogen-bond acceptors (Lipinski definition) is 5. The predicted octanol–water partition coefficient (Wildman–Crippen LogP) is 7.69. The monoisotopic (exact) mass is 606 g/mol. The summed E-state index contributed by atoms with van der Waals surface area (Å²) in [6.07, 6.45) is -0.0200. The lowest BCUT2D eigenvalue weighted by Crippen LogP contribution is -2.55. The highest BCUT2D eigenvalue weighted by atomic mass is 19.4. The maximum Gasteiger partial charge on any atom is 0.429 e. The van der Waals surface area contributed by atoms with Crippen LogP contribution < -0.4 is 0 Å². The summed E-state index contributed by atoms with van der Waals surface area (Å²) in [7, 11) is 0. The second kappa shape index (κ2) is 11.7. The molecule has 0 radical (unpaired) electrons. The smallest absolute Gasteiger partial charge is 0.429 e. The van der Waals surface area contributed by atoms with E-state index in [1.165, 1.54) is 19.4 Å². The minimum absolute atomic E-state index is 0.0621. The van der Waals surface area contributed by atoms with Crippen molar-refractivity contribution < 1.29 is 50.5 Å². The molecule has 0 spiro atoms. The van der Waals surface area contributed by atoms with Gasteiger partial charge in [-0.3, -0.25) is 9.59 Å². The van der Waals surface area contributed by atoms with Gasteiger partial charge < -0.3 is 14.6 Å². The Bertz CT molecular complexity index is 1090. The Kier molecular flexibility index (Phi) is 9.05. The summed E-state index contributed by atoms with van der Waals surface area (Å²) in [5, 5.41) is 9.53. The van der Waals surface area contributed by atoms with Crippen LogP contribution in [0.2, 0.25) is 0 Å². The SMILES string of the molecule is CC(=O)O[C@@H]1CC(=C/C=C2\CCC[C@]3(C)[C@@H](C4(C/C=C\C(O)(C(F)(F)F)C(F)(F)F)CC4)CC[C@@H]23)C[C@@H](OC(C)=O)C1. The molecule has 5 nitrogen and oxygen atoms in total. The molecule has 4 rings (SSSR count). The molecule has 0 bridgehead atoms. The topological polar surface area (TPSA) is 72.8 Å². The zero-order valence-corrected chi connectivity index (χ0v) is 24.2. The summed E-state index contributed by atoms with van der Waals surface area (Å²) in [6.45, 7) is 4.89. The van der Waals surface area contributed by atoms with Gasteiger partial charge in [0.2, 0.25) is 0 Å². The standard InChI is InChI=1S/C31H40F6O5/c1-19(38)41-23-16-21(17-24(18-23)42-20(2)39)7-8-22-6-4-11-27(3)25(22)9-10-26(27)28(14-15-28)12-5-13-29(40,30(32,33)34)31(35,36)37/h5,7-8,13,23-26,40H,4,6,9-12,14-18H2,1-3H3/b13-5-,22-8+/t23-,24-,25+,26+,27+/m1/s1. The highest BCUT2D eigenvalue weighted by molar-refractivity contribution is 5.67. The summed E-state index contributed by atoms with van der Waals surface area (Å²) in [6, 6.07) is 0. The van der Waals surface area contributed by atoms with E-state index in [9.17, 15) is 41.0 Å². The second-order valence-electron chi connectivity index (χ2n) is 12.9. The highest BCUT2D eigenvalue weighted by Crippen LogP contribution is 2.70. The minimum atomic E-state index is -5.87. The largest absolute Gasteiger partial charge is 0.462 e. The van der Waals surface area contributed by atoms with E-state index in [-0.39, 0.29) is 47.4 Å². The maximum atomic E-state index is 13.1. The molecule has 1 N–H and O–H groups in total. The third-order valence-corrected chi connectivity index (χ3v) is 10.0. The van der Waals surface area contributed by atoms with E-state index in [4.69, 9.17) is 9.47 Å². The first-order chi connectivity index (χ1) is 19.4. The van der Waals surface area contributed by atoms with Crippen LogP contribution in [0.25, 0.3) is 0 Å². The number of hydrogen-bond donors (Lipinski definition) is 1. The molecule has 0 unspecified atom stereocenters. The number of esters is 2. The van der Waals surface area contributed by atoms with E-state index in [1.807, 2.05) is 6.08 Å². The number of carbonyl (C=O) groups excluding carboxylic acids is 2. The molecule has 5 atom stereocenters. The number of alkyl halides is 6. The van der Waals surface area contributed by atoms with Crippen LogP contribution in [0.5, 0.6) is 0 Å². The van der Waals surface area contributed by atoms with Gasteiger partial charge in [-0.2, -0.15) is 26.3 Å². The van der Waals surface area contributed by atoms with Crippen molar-refractivity contribution in [3.8, 4) is 0 Å². The molecule has 0 aromatic rings. The molecule has 236 valence electrons. The molecule has 4 fully saturated rings. The molecular weight excluding hydrogens is 566 g/mol. The molecule has 11 heteroatoms. The minimum Gasteiger partial charge on any atom is -0.462 e. The normalized spacial score (nSPS) is 32.5. The molecular formula is C31H40F6O5. The average Bonchev–Trinajstić information content (AvgIpc) is 3.52. The third kappa shape index (κ3) is 6.60. The van der Waals surface area contributed by atoms with Gasteiger partial charge in [0, 0.05) is 33.1 Å². The fourth-order valence-electron chi connectivity index (χ4n) is 8.05. The van der Waals surface area contributed by atoms with E-state index in [1.54, 1.807) is 0 Å². The summed E-state index contributed by atoms with van der Waals surface area (Å²) in [5.41, 5.74) is -3.08. The Hall–Kier alpha value is -2.30. The zero-order valence-electron chi connectivity index (χ0n) is 24.2. The van der Waals surface area contributed by atoms with Crippen molar-refractivity contribution in [3.05, 3.63) is 35.5 Å². The van der Waals surface area contributed by atoms with Gasteiger partial charge >= 0.3 is 24.3 Å². The number of ether oxygens (including phenoxy) is 2. The molecule has 0 amide bonds. The van der Waals surface area contributed by atoms with Gasteiger partial charge in [-0.25, -0.2) is 0 Å². The summed E-state index contributed by atoms with van der Waals surface area (Å²) in [5.74, 6) is -0.399. The fourth-order valence-corrected chi connectivity index (χ4v) is 8.05. The molecule has 4 saturated carbocycles. The van der Waals surface area contributed by atoms with E-state index in [0.29, 0.717) is 19.3 Å². The summed E-state index contributed by atoms with van der Waals surface area (Å²) >= 11 is 0. The van der Waals surface area contributed by atoms with E-state index in [0.717, 1.165) is 56.6 Å².